The van der Waals surface area contributed by atoms with Gasteiger partial charge in [0, 0.05) is 10.8 Å². The second-order valence-electron chi connectivity index (χ2n) is 21.5. The lowest BCUT2D eigenvalue weighted by Crippen LogP contribution is -1.91. The third-order valence-electron chi connectivity index (χ3n) is 16.1. The third kappa shape index (κ3) is 10.3. The minimum atomic E-state index is -0.915. The van der Waals surface area contributed by atoms with Crippen LogP contribution in [-0.4, -0.2) is 0 Å². The molecule has 0 saturated carbocycles. The molecule has 0 N–H and O–H groups in total. The molecule has 1 nitrogen and oxygen atoms in total. The van der Waals surface area contributed by atoms with Crippen LogP contribution in [0, 0.1) is 0 Å². The second-order valence-corrected chi connectivity index (χ2v) is 21.5. The summed E-state index contributed by atoms with van der Waals surface area (Å²) in [5.74, 6) is 0. The molecule has 0 radical (unpaired) electrons. The first-order valence-electron chi connectivity index (χ1n) is 61.7. The lowest BCUT2D eigenvalue weighted by molar-refractivity contribution is 0.669. The maximum atomic E-state index is 9.43. The monoisotopic (exact) mass is 1340 g/mol. The molecule has 0 amide bonds. The number of para-hydroxylation sites is 1. The van der Waals surface area contributed by atoms with Crippen LogP contribution in [0.5, 0.6) is 0 Å². The van der Waals surface area contributed by atoms with E-state index < -0.39 is 572 Å². The molecule has 21 rings (SSSR count). The van der Waals surface area contributed by atoms with Gasteiger partial charge in [-0.2, -0.15) is 0 Å². The van der Waals surface area contributed by atoms with Gasteiger partial charge in [-0.15, -0.1) is 0 Å². The van der Waals surface area contributed by atoms with Gasteiger partial charge in [0.05, 0.1) is 87.7 Å². The van der Waals surface area contributed by atoms with Gasteiger partial charge in [0.1, 0.15) is 11.2 Å². The molecule has 0 aliphatic heterocycles. The first-order chi connectivity index (χ1) is 76.8. The van der Waals surface area contributed by atoms with E-state index in [0.29, 0.717) is 0 Å². The topological polar surface area (TPSA) is 13.1 Å². The van der Waals surface area contributed by atoms with E-state index >= 15 is 0 Å². The minimum Gasteiger partial charge on any atom is -0.456 e. The Labute approximate surface area is 675 Å². The van der Waals surface area contributed by atoms with Crippen molar-refractivity contribution < 1.29 is 92.1 Å². The summed E-state index contributed by atoms with van der Waals surface area (Å²) < 4.78 is 565. The number of rotatable bonds is 6. The van der Waals surface area contributed by atoms with Gasteiger partial charge in [-0.25, -0.2) is 0 Å². The van der Waals surface area contributed by atoms with E-state index in [2.05, 4.69) is 0 Å². The van der Waals surface area contributed by atoms with Crippen LogP contribution < -0.4 is 0 Å². The summed E-state index contributed by atoms with van der Waals surface area (Å²) in [7, 11) is 0. The molecule has 1 heteroatoms. The highest BCUT2D eigenvalue weighted by Crippen LogP contribution is 2.49. The first-order valence-corrected chi connectivity index (χ1v) is 29.7. The fourth-order valence-corrected chi connectivity index (χ4v) is 11.9. The zero-order valence-corrected chi connectivity index (χ0v) is 50.4. The van der Waals surface area contributed by atoms with Crippen LogP contribution in [0.3, 0.4) is 0 Å². The van der Waals surface area contributed by atoms with Gasteiger partial charge in [-0.3, -0.25) is 0 Å². The summed E-state index contributed by atoms with van der Waals surface area (Å²) in [6.45, 7) is 0. The van der Waals surface area contributed by atoms with E-state index in [9.17, 15) is 11.0 Å². The van der Waals surface area contributed by atoms with E-state index in [1.165, 1.54) is 0 Å². The standard InChI is InChI=1S/2C34H22.C32H20O/c1-3-11-25-21-27(19-17-23(25)9-1)33-29-13-5-7-15-31(29)34(32-16-8-6-14-30(32)33)28-20-18-24-10-2-4-12-26(24)22-28;1-2-12-25-22-26(21-20-23(25)10-1)33-29-15-5-7-17-31(29)34(32-18-8-6-16-30(32)33)28-19-9-13-24-11-3-4-14-27(24)28;1-2-10-21(11-3-1)31-24-13-4-6-15-26(24)32(27-16-7-5-14-25(27)31)22-18-19-30-28(20-22)23-12-8-9-17-29(23)33-30/h2*1-22H;1-20H/i2*1D,2D,3D,4D,5D,6D,7D,8D,9D,10D,11D,12D,13D,14D,15D,16D,17D,18D,19D,20D,21D,22D;1D,2D,3D,4D,5D,6D,7D,8D,9D,10D,11D,12D,13D,14D,15D,16D,17D,18D,19D,20D. The molecule has 101 heavy (non-hydrogen) atoms. The van der Waals surface area contributed by atoms with Crippen molar-refractivity contribution in [1.29, 1.82) is 0 Å². The maximum absolute atomic E-state index is 9.43. The summed E-state index contributed by atoms with van der Waals surface area (Å²) >= 11 is 0. The highest BCUT2D eigenvalue weighted by Gasteiger charge is 2.22. The van der Waals surface area contributed by atoms with E-state index in [1.54, 1.807) is 0 Å². The Kier molecular flexibility index (Phi) is 5.68. The first kappa shape index (κ1) is 22.9. The molecule has 0 unspecified atom stereocenters. The highest BCUT2D eigenvalue weighted by atomic mass is 16.3. The zero-order valence-electron chi connectivity index (χ0n) is 114. The van der Waals surface area contributed by atoms with Crippen LogP contribution in [0.15, 0.2) is 391 Å². The van der Waals surface area contributed by atoms with Crippen molar-refractivity contribution in [2.45, 2.75) is 0 Å². The van der Waals surface area contributed by atoms with Crippen LogP contribution in [0.4, 0.5) is 0 Å². The van der Waals surface area contributed by atoms with Crippen molar-refractivity contribution in [3.05, 3.63) is 387 Å². The summed E-state index contributed by atoms with van der Waals surface area (Å²) in [6, 6.07) is -53.8. The molecule has 1 heterocycles. The molecule has 1 aromatic heterocycles. The second kappa shape index (κ2) is 25.0. The Morgan fingerprint density at radius 1 is 0.149 bits per heavy atom. The molecular weight excluding hydrogens is 1220 g/mol. The van der Waals surface area contributed by atoms with Crippen molar-refractivity contribution in [3.8, 4) is 66.8 Å². The molecule has 0 bridgehead atoms. The van der Waals surface area contributed by atoms with E-state index in [-0.39, 0.29) is 10.8 Å². The van der Waals surface area contributed by atoms with Crippen molar-refractivity contribution in [3.63, 3.8) is 0 Å². The van der Waals surface area contributed by atoms with Gasteiger partial charge in [0.2, 0.25) is 0 Å². The van der Waals surface area contributed by atoms with Gasteiger partial charge in [0.25, 0.3) is 0 Å². The van der Waals surface area contributed by atoms with Crippen LogP contribution in [-0.2, 0) is 0 Å². The SMILES string of the molecule is [2H]c1c([2H])c([2H])c(-c2c3c([2H])c([2H])c([2H])c([2H])c3c(-c3c([2H])c([2H])c4oc5c([2H])c([2H])c([2H])c([2H])c5c4c3[2H])c3c([2H])c([2H])c([2H])c([2H])c23)c([2H])c1[2H].[2H]c1c([2H])c([2H])c2c([2H])c(-c3c4c([2H])c([2H])c([2H])c([2H])c4c(-c4c([2H])c([2H])c([2H])c5c([2H])c([2H])c([2H])c([2H])c45)c4c([2H])c([2H])c([2H])c([2H])c34)c([2H])c([2H])c2c1[2H].[2H]c1c([2H])c([2H])c2c([2H])c(-c3c4c([2H])c([2H])c([2H])c([2H])c4c(-c4c([2H])c([2H])c5c([2H])c([2H])c([2H])c([2H])c5c4[2H])c4c([2H])c([2H])c([2H])c([2H])c34)c([2H])c([2H])c2c1[2H]. The molecule has 21 aromatic rings. The van der Waals surface area contributed by atoms with Crippen molar-refractivity contribution >= 4 is 130 Å². The molecule has 0 fully saturated rings. The quantitative estimate of drug-likeness (QED) is 0.151. The van der Waals surface area contributed by atoms with Gasteiger partial charge in [-0.05, 0) is 211 Å². The maximum Gasteiger partial charge on any atom is 0.135 e. The number of furan rings is 1. The Morgan fingerprint density at radius 2 is 0.416 bits per heavy atom. The van der Waals surface area contributed by atoms with Gasteiger partial charge in [-0.1, -0.05) is 350 Å². The van der Waals surface area contributed by atoms with E-state index in [1.807, 2.05) is 0 Å². The van der Waals surface area contributed by atoms with Gasteiger partial charge >= 0.3 is 0 Å². The molecule has 0 spiro atoms. The largest absolute Gasteiger partial charge is 0.456 e. The smallest absolute Gasteiger partial charge is 0.135 e. The Morgan fingerprint density at radius 3 is 0.812 bits per heavy atom. The average molecular weight is 1350 g/mol. The van der Waals surface area contributed by atoms with Crippen molar-refractivity contribution in [2.24, 2.45) is 0 Å². The number of benzene rings is 20. The predicted molar refractivity (Wildman–Crippen MR) is 434 cm³/mol. The van der Waals surface area contributed by atoms with Crippen LogP contribution in [0.2, 0.25) is 0 Å². The summed E-state index contributed by atoms with van der Waals surface area (Å²) in [6.07, 6.45) is 0. The van der Waals surface area contributed by atoms with Crippen LogP contribution >= 0.6 is 0 Å². The summed E-state index contributed by atoms with van der Waals surface area (Å²) in [5.41, 5.74) is -8.58. The van der Waals surface area contributed by atoms with Gasteiger partial charge < -0.3 is 4.42 Å². The van der Waals surface area contributed by atoms with Crippen molar-refractivity contribution in [1.82, 2.24) is 0 Å². The molecule has 0 aliphatic carbocycles. The Hall–Kier alpha value is -13.2. The van der Waals surface area contributed by atoms with E-state index in [0.717, 1.165) is 0 Å². The highest BCUT2D eigenvalue weighted by molar-refractivity contribution is 6.26. The fourth-order valence-electron chi connectivity index (χ4n) is 11.9. The Bertz CT molecular complexity index is 10400. The molecule has 470 valence electrons. The van der Waals surface area contributed by atoms with E-state index in [4.69, 9.17) is 81.2 Å². The predicted octanol–water partition coefficient (Wildman–Crippen LogP) is 28.5. The fraction of sp³-hybridized carbons (Fsp3) is 0. The summed E-state index contributed by atoms with van der Waals surface area (Å²) in [5, 5.41) is -12.5. The molecular formula is C100H64O. The average Bonchev–Trinajstić information content (AvgIpc) is 1.29. The molecule has 0 atom stereocenters. The van der Waals surface area contributed by atoms with Crippen LogP contribution in [0.1, 0.15) is 87.7 Å². The molecule has 0 saturated heterocycles. The number of hydrogen-bond donors (Lipinski definition) is 0. The number of fused-ring (bicyclic) bond motifs is 13. The normalized spacial score (nSPS) is 20.4. The lowest BCUT2D eigenvalue weighted by atomic mass is 9.84. The minimum absolute atomic E-state index is 0.348. The lowest BCUT2D eigenvalue weighted by Gasteiger charge is -2.19. The van der Waals surface area contributed by atoms with Crippen LogP contribution in [0.25, 0.3) is 196 Å². The molecule has 20 aromatic carbocycles. The Balaban J connectivity index is 0.000000152. The summed E-state index contributed by atoms with van der Waals surface area (Å²) in [4.78, 5) is 0. The number of hydrogen-bond acceptors (Lipinski definition) is 1. The van der Waals surface area contributed by atoms with Gasteiger partial charge in [0.15, 0.2) is 0 Å². The molecule has 0 aliphatic rings. The van der Waals surface area contributed by atoms with Crippen molar-refractivity contribution in [2.75, 3.05) is 0 Å². The zero-order chi connectivity index (χ0) is 122. The third-order valence-corrected chi connectivity index (χ3v) is 16.1.